The van der Waals surface area contributed by atoms with Crippen molar-refractivity contribution >= 4 is 12.6 Å². The van der Waals surface area contributed by atoms with Gasteiger partial charge in [0.05, 0.1) is 0 Å². The first kappa shape index (κ1) is 9.58. The van der Waals surface area contributed by atoms with Gasteiger partial charge in [0.1, 0.15) is 0 Å². The molecule has 0 amide bonds. The molecular formula is C9H13NOS. The zero-order chi connectivity index (χ0) is 8.97. The van der Waals surface area contributed by atoms with Gasteiger partial charge < -0.3 is 10.8 Å². The molecule has 1 aromatic carbocycles. The van der Waals surface area contributed by atoms with E-state index in [9.17, 15) is 0 Å². The molecule has 1 unspecified atom stereocenters. The largest absolute Gasteiger partial charge is 0.396 e. The Morgan fingerprint density at radius 3 is 2.67 bits per heavy atom. The Balaban J connectivity index is 2.79. The summed E-state index contributed by atoms with van der Waals surface area (Å²) in [5.41, 5.74) is 6.79. The van der Waals surface area contributed by atoms with Gasteiger partial charge in [-0.2, -0.15) is 0 Å². The van der Waals surface area contributed by atoms with Crippen molar-refractivity contribution in [1.82, 2.24) is 0 Å². The maximum absolute atomic E-state index is 8.68. The number of aliphatic hydroxyl groups is 1. The Labute approximate surface area is 77.8 Å². The molecule has 0 saturated heterocycles. The molecule has 12 heavy (non-hydrogen) atoms. The molecule has 0 aliphatic rings. The summed E-state index contributed by atoms with van der Waals surface area (Å²) in [7, 11) is 0. The highest BCUT2D eigenvalue weighted by atomic mass is 32.1. The van der Waals surface area contributed by atoms with Gasteiger partial charge in [0, 0.05) is 17.5 Å². The van der Waals surface area contributed by atoms with E-state index in [-0.39, 0.29) is 12.6 Å². The molecule has 0 fully saturated rings. The normalized spacial score (nSPS) is 12.9. The van der Waals surface area contributed by atoms with Crippen molar-refractivity contribution in [2.24, 2.45) is 5.73 Å². The summed E-state index contributed by atoms with van der Waals surface area (Å²) >= 11 is 4.27. The fraction of sp³-hybridized carbons (Fsp3) is 0.333. The SMILES string of the molecule is NC(CCO)c1ccccc1S. The second-order valence-corrected chi connectivity index (χ2v) is 3.16. The number of hydrogen-bond acceptors (Lipinski definition) is 3. The smallest absolute Gasteiger partial charge is 0.0449 e. The van der Waals surface area contributed by atoms with Crippen LogP contribution in [-0.4, -0.2) is 11.7 Å². The van der Waals surface area contributed by atoms with Gasteiger partial charge in [0.15, 0.2) is 0 Å². The van der Waals surface area contributed by atoms with Crippen molar-refractivity contribution in [2.45, 2.75) is 17.4 Å². The predicted molar refractivity (Wildman–Crippen MR) is 52.3 cm³/mol. The topological polar surface area (TPSA) is 46.2 Å². The van der Waals surface area contributed by atoms with Gasteiger partial charge in [-0.05, 0) is 18.1 Å². The van der Waals surface area contributed by atoms with Crippen LogP contribution in [0.15, 0.2) is 29.2 Å². The molecule has 1 aromatic rings. The Morgan fingerprint density at radius 1 is 1.42 bits per heavy atom. The van der Waals surface area contributed by atoms with Crippen LogP contribution in [0, 0.1) is 0 Å². The quantitative estimate of drug-likeness (QED) is 0.620. The molecule has 3 heteroatoms. The van der Waals surface area contributed by atoms with Gasteiger partial charge in [-0.1, -0.05) is 18.2 Å². The van der Waals surface area contributed by atoms with E-state index in [2.05, 4.69) is 12.6 Å². The summed E-state index contributed by atoms with van der Waals surface area (Å²) < 4.78 is 0. The maximum atomic E-state index is 8.68. The Kier molecular flexibility index (Phi) is 3.59. The summed E-state index contributed by atoms with van der Waals surface area (Å²) in [6.45, 7) is 0.114. The highest BCUT2D eigenvalue weighted by molar-refractivity contribution is 7.80. The minimum absolute atomic E-state index is 0.108. The highest BCUT2D eigenvalue weighted by Gasteiger charge is 2.06. The van der Waals surface area contributed by atoms with Crippen molar-refractivity contribution in [1.29, 1.82) is 0 Å². The van der Waals surface area contributed by atoms with Crippen molar-refractivity contribution in [3.63, 3.8) is 0 Å². The lowest BCUT2D eigenvalue weighted by atomic mass is 10.1. The number of benzene rings is 1. The summed E-state index contributed by atoms with van der Waals surface area (Å²) in [5, 5.41) is 8.68. The van der Waals surface area contributed by atoms with Crippen LogP contribution in [0.5, 0.6) is 0 Å². The van der Waals surface area contributed by atoms with Gasteiger partial charge in [0.25, 0.3) is 0 Å². The number of aliphatic hydroxyl groups excluding tert-OH is 1. The van der Waals surface area contributed by atoms with E-state index < -0.39 is 0 Å². The molecule has 1 rings (SSSR count). The minimum atomic E-state index is -0.108. The van der Waals surface area contributed by atoms with E-state index in [0.29, 0.717) is 6.42 Å². The fourth-order valence-electron chi connectivity index (χ4n) is 1.10. The van der Waals surface area contributed by atoms with Gasteiger partial charge in [0.2, 0.25) is 0 Å². The summed E-state index contributed by atoms with van der Waals surface area (Å²) in [6.07, 6.45) is 0.581. The average molecular weight is 183 g/mol. The fourth-order valence-corrected chi connectivity index (χ4v) is 1.42. The Bertz CT molecular complexity index is 252. The molecular weight excluding hydrogens is 170 g/mol. The standard InChI is InChI=1S/C9H13NOS/c10-8(5-6-11)7-3-1-2-4-9(7)12/h1-4,8,11-12H,5-6,10H2. The molecule has 0 heterocycles. The van der Waals surface area contributed by atoms with Gasteiger partial charge in [-0.15, -0.1) is 12.6 Å². The number of nitrogens with two attached hydrogens (primary N) is 1. The van der Waals surface area contributed by atoms with Crippen molar-refractivity contribution in [2.75, 3.05) is 6.61 Å². The van der Waals surface area contributed by atoms with Gasteiger partial charge in [-0.3, -0.25) is 0 Å². The van der Waals surface area contributed by atoms with Crippen LogP contribution in [0.25, 0.3) is 0 Å². The molecule has 0 aliphatic carbocycles. The molecule has 0 radical (unpaired) electrons. The second kappa shape index (κ2) is 4.50. The Morgan fingerprint density at radius 2 is 2.08 bits per heavy atom. The van der Waals surface area contributed by atoms with Crippen LogP contribution in [0.1, 0.15) is 18.0 Å². The van der Waals surface area contributed by atoms with Crippen LogP contribution in [0.2, 0.25) is 0 Å². The average Bonchev–Trinajstić information content (AvgIpc) is 2.05. The van der Waals surface area contributed by atoms with Crippen LogP contribution < -0.4 is 5.73 Å². The van der Waals surface area contributed by atoms with Crippen molar-refractivity contribution < 1.29 is 5.11 Å². The first-order valence-corrected chi connectivity index (χ1v) is 4.34. The third kappa shape index (κ3) is 2.24. The summed E-state index contributed by atoms with van der Waals surface area (Å²) in [6, 6.07) is 7.56. The third-order valence-corrected chi connectivity index (χ3v) is 2.18. The van der Waals surface area contributed by atoms with Crippen LogP contribution in [-0.2, 0) is 0 Å². The highest BCUT2D eigenvalue weighted by Crippen LogP contribution is 2.20. The molecule has 0 bridgehead atoms. The maximum Gasteiger partial charge on any atom is 0.0449 e. The van der Waals surface area contributed by atoms with E-state index in [1.165, 1.54) is 0 Å². The van der Waals surface area contributed by atoms with Crippen LogP contribution >= 0.6 is 12.6 Å². The molecule has 0 aliphatic heterocycles. The molecule has 0 spiro atoms. The molecule has 0 aromatic heterocycles. The van der Waals surface area contributed by atoms with Gasteiger partial charge in [-0.25, -0.2) is 0 Å². The summed E-state index contributed by atoms with van der Waals surface area (Å²) in [4.78, 5) is 0.887. The molecule has 2 nitrogen and oxygen atoms in total. The Hall–Kier alpha value is -0.510. The first-order valence-electron chi connectivity index (χ1n) is 3.90. The zero-order valence-corrected chi connectivity index (χ0v) is 7.67. The monoisotopic (exact) mass is 183 g/mol. The van der Waals surface area contributed by atoms with Crippen LogP contribution in [0.3, 0.4) is 0 Å². The van der Waals surface area contributed by atoms with E-state index >= 15 is 0 Å². The van der Waals surface area contributed by atoms with E-state index in [4.69, 9.17) is 10.8 Å². The lowest BCUT2D eigenvalue weighted by molar-refractivity contribution is 0.276. The number of rotatable bonds is 3. The lowest BCUT2D eigenvalue weighted by Crippen LogP contribution is -2.12. The number of hydrogen-bond donors (Lipinski definition) is 3. The van der Waals surface area contributed by atoms with Crippen molar-refractivity contribution in [3.8, 4) is 0 Å². The zero-order valence-electron chi connectivity index (χ0n) is 6.77. The van der Waals surface area contributed by atoms with E-state index in [0.717, 1.165) is 10.5 Å². The molecule has 66 valence electrons. The molecule has 3 N–H and O–H groups in total. The number of thiol groups is 1. The van der Waals surface area contributed by atoms with Crippen molar-refractivity contribution in [3.05, 3.63) is 29.8 Å². The third-order valence-electron chi connectivity index (χ3n) is 1.78. The summed E-state index contributed by atoms with van der Waals surface area (Å²) in [5.74, 6) is 0. The second-order valence-electron chi connectivity index (χ2n) is 2.68. The van der Waals surface area contributed by atoms with E-state index in [1.807, 2.05) is 24.3 Å². The lowest BCUT2D eigenvalue weighted by Gasteiger charge is -2.11. The molecule has 0 saturated carbocycles. The minimum Gasteiger partial charge on any atom is -0.396 e. The molecule has 1 atom stereocenters. The van der Waals surface area contributed by atoms with Gasteiger partial charge >= 0.3 is 0 Å². The predicted octanol–water partition coefficient (Wildman–Crippen LogP) is 1.36. The van der Waals surface area contributed by atoms with Crippen LogP contribution in [0.4, 0.5) is 0 Å². The van der Waals surface area contributed by atoms with E-state index in [1.54, 1.807) is 0 Å². The first-order chi connectivity index (χ1) is 5.75.